The molecule has 0 atom stereocenters. The van der Waals surface area contributed by atoms with E-state index in [1.54, 1.807) is 6.07 Å². The molecule has 1 aliphatic rings. The average Bonchev–Trinajstić information content (AvgIpc) is 2.67. The lowest BCUT2D eigenvalue weighted by Crippen LogP contribution is -2.38. The molecule has 6 nitrogen and oxygen atoms in total. The van der Waals surface area contributed by atoms with E-state index in [-0.39, 0.29) is 17.4 Å². The number of nitrogens with zero attached hydrogens (tertiary/aromatic N) is 3. The summed E-state index contributed by atoms with van der Waals surface area (Å²) in [5.41, 5.74) is 4.95. The van der Waals surface area contributed by atoms with Gasteiger partial charge in [-0.2, -0.15) is 18.4 Å². The van der Waals surface area contributed by atoms with Gasteiger partial charge >= 0.3 is 6.18 Å². The zero-order valence-corrected chi connectivity index (χ0v) is 14.7. The summed E-state index contributed by atoms with van der Waals surface area (Å²) in [6.07, 6.45) is -1.95. The fourth-order valence-electron chi connectivity index (χ4n) is 3.10. The number of piperidine rings is 1. The van der Waals surface area contributed by atoms with Gasteiger partial charge in [-0.15, -0.1) is 0 Å². The SMILES string of the molecule is N#Cc1cc(C(F)(F)F)ccc1N1CCC(Oc2ccnc(C(N)=O)c2)CC1. The van der Waals surface area contributed by atoms with E-state index in [1.165, 1.54) is 18.3 Å². The number of nitrogens with two attached hydrogens (primary N) is 1. The Kier molecular flexibility index (Phi) is 5.40. The molecular weight excluding hydrogens is 373 g/mol. The number of primary amides is 1. The van der Waals surface area contributed by atoms with Gasteiger partial charge in [0.05, 0.1) is 16.8 Å². The Hall–Kier alpha value is -3.28. The number of ether oxygens (including phenoxy) is 1. The number of anilines is 1. The lowest BCUT2D eigenvalue weighted by molar-refractivity contribution is -0.137. The Balaban J connectivity index is 1.66. The Labute approximate surface area is 159 Å². The summed E-state index contributed by atoms with van der Waals surface area (Å²) in [6, 6.07) is 8.15. The van der Waals surface area contributed by atoms with Crippen molar-refractivity contribution in [2.75, 3.05) is 18.0 Å². The van der Waals surface area contributed by atoms with Gasteiger partial charge in [0, 0.05) is 38.2 Å². The third kappa shape index (κ3) is 4.34. The predicted octanol–water partition coefficient (Wildman–Crippen LogP) is 3.12. The second kappa shape index (κ2) is 7.76. The second-order valence-electron chi connectivity index (χ2n) is 6.39. The Bertz CT molecular complexity index is 916. The van der Waals surface area contributed by atoms with Gasteiger partial charge in [0.1, 0.15) is 23.6 Å². The van der Waals surface area contributed by atoms with Crippen molar-refractivity contribution in [1.82, 2.24) is 4.98 Å². The number of carbonyl (C=O) groups excluding carboxylic acids is 1. The first-order chi connectivity index (χ1) is 13.3. The maximum Gasteiger partial charge on any atom is 0.416 e. The van der Waals surface area contributed by atoms with Crippen molar-refractivity contribution in [2.45, 2.75) is 25.1 Å². The Morgan fingerprint density at radius 2 is 1.96 bits per heavy atom. The number of alkyl halides is 3. The van der Waals surface area contributed by atoms with Crippen LogP contribution in [0.4, 0.5) is 18.9 Å². The summed E-state index contributed by atoms with van der Waals surface area (Å²) < 4.78 is 44.4. The van der Waals surface area contributed by atoms with Crippen LogP contribution in [0.1, 0.15) is 34.5 Å². The van der Waals surface area contributed by atoms with Crippen LogP contribution in [0.3, 0.4) is 0 Å². The number of carbonyl (C=O) groups is 1. The second-order valence-corrected chi connectivity index (χ2v) is 6.39. The summed E-state index contributed by atoms with van der Waals surface area (Å²) in [6.45, 7) is 1.05. The molecule has 0 saturated carbocycles. The first-order valence-electron chi connectivity index (χ1n) is 8.56. The van der Waals surface area contributed by atoms with Crippen LogP contribution >= 0.6 is 0 Å². The molecule has 1 saturated heterocycles. The lowest BCUT2D eigenvalue weighted by Gasteiger charge is -2.34. The molecule has 1 fully saturated rings. The number of pyridine rings is 1. The van der Waals surface area contributed by atoms with E-state index in [0.29, 0.717) is 37.4 Å². The summed E-state index contributed by atoms with van der Waals surface area (Å²) in [5.74, 6) is -0.166. The minimum absolute atomic E-state index is 0.00516. The molecule has 0 bridgehead atoms. The van der Waals surface area contributed by atoms with Gasteiger partial charge in [-0.05, 0) is 24.3 Å². The van der Waals surface area contributed by atoms with Crippen LogP contribution in [0.25, 0.3) is 0 Å². The van der Waals surface area contributed by atoms with Crippen molar-refractivity contribution >= 4 is 11.6 Å². The molecule has 1 amide bonds. The predicted molar refractivity (Wildman–Crippen MR) is 94.8 cm³/mol. The van der Waals surface area contributed by atoms with Crippen molar-refractivity contribution in [3.63, 3.8) is 0 Å². The Morgan fingerprint density at radius 3 is 2.57 bits per heavy atom. The van der Waals surface area contributed by atoms with E-state index < -0.39 is 17.6 Å². The molecule has 2 aromatic rings. The highest BCUT2D eigenvalue weighted by Crippen LogP contribution is 2.33. The minimum Gasteiger partial charge on any atom is -0.490 e. The third-order valence-electron chi connectivity index (χ3n) is 4.51. The number of benzene rings is 1. The van der Waals surface area contributed by atoms with Gasteiger partial charge in [-0.25, -0.2) is 0 Å². The molecule has 2 heterocycles. The van der Waals surface area contributed by atoms with Crippen molar-refractivity contribution in [2.24, 2.45) is 5.73 Å². The summed E-state index contributed by atoms with van der Waals surface area (Å²) in [4.78, 5) is 16.9. The molecule has 0 unspecified atom stereocenters. The molecule has 1 aromatic heterocycles. The maximum absolute atomic E-state index is 12.8. The van der Waals surface area contributed by atoms with E-state index in [1.807, 2.05) is 11.0 Å². The molecule has 9 heteroatoms. The summed E-state index contributed by atoms with van der Waals surface area (Å²) in [7, 11) is 0. The quantitative estimate of drug-likeness (QED) is 0.866. The first kappa shape index (κ1) is 19.5. The number of rotatable bonds is 4. The van der Waals surface area contributed by atoms with Crippen molar-refractivity contribution in [1.29, 1.82) is 5.26 Å². The highest BCUT2D eigenvalue weighted by atomic mass is 19.4. The van der Waals surface area contributed by atoms with Crippen LogP contribution in [0.2, 0.25) is 0 Å². The zero-order chi connectivity index (χ0) is 20.3. The molecule has 3 rings (SSSR count). The van der Waals surface area contributed by atoms with Gasteiger partial charge in [-0.3, -0.25) is 9.78 Å². The monoisotopic (exact) mass is 390 g/mol. The first-order valence-corrected chi connectivity index (χ1v) is 8.56. The van der Waals surface area contributed by atoms with Crippen LogP contribution in [0.15, 0.2) is 36.5 Å². The molecule has 0 radical (unpaired) electrons. The highest BCUT2D eigenvalue weighted by Gasteiger charge is 2.32. The summed E-state index contributed by atoms with van der Waals surface area (Å²) in [5, 5.41) is 9.24. The van der Waals surface area contributed by atoms with Crippen LogP contribution < -0.4 is 15.4 Å². The van der Waals surface area contributed by atoms with Gasteiger partial charge < -0.3 is 15.4 Å². The van der Waals surface area contributed by atoms with Crippen LogP contribution in [0.5, 0.6) is 5.75 Å². The van der Waals surface area contributed by atoms with E-state index in [0.717, 1.165) is 12.1 Å². The molecule has 0 aliphatic carbocycles. The third-order valence-corrected chi connectivity index (χ3v) is 4.51. The molecule has 2 N–H and O–H groups in total. The molecule has 1 aliphatic heterocycles. The normalized spacial score (nSPS) is 15.1. The fourth-order valence-corrected chi connectivity index (χ4v) is 3.10. The maximum atomic E-state index is 12.8. The van der Waals surface area contributed by atoms with Crippen molar-refractivity contribution in [3.05, 3.63) is 53.3 Å². The molecule has 1 aromatic carbocycles. The number of halogens is 3. The van der Waals surface area contributed by atoms with E-state index in [4.69, 9.17) is 10.5 Å². The molecule has 28 heavy (non-hydrogen) atoms. The van der Waals surface area contributed by atoms with Crippen LogP contribution in [0, 0.1) is 11.3 Å². The number of amides is 1. The largest absolute Gasteiger partial charge is 0.490 e. The zero-order valence-electron chi connectivity index (χ0n) is 14.7. The standard InChI is InChI=1S/C19H17F3N4O2/c20-19(21,22)13-1-2-17(12(9-13)11-23)26-7-4-14(5-8-26)28-15-3-6-25-16(10-15)18(24)27/h1-3,6,9-10,14H,4-5,7-8H2,(H2,24,27). The molecule has 146 valence electrons. The minimum atomic E-state index is -4.49. The van der Waals surface area contributed by atoms with E-state index >= 15 is 0 Å². The van der Waals surface area contributed by atoms with E-state index in [9.17, 15) is 23.2 Å². The fraction of sp³-hybridized carbons (Fsp3) is 0.316. The molecule has 0 spiro atoms. The van der Waals surface area contributed by atoms with Crippen molar-refractivity contribution in [3.8, 4) is 11.8 Å². The topological polar surface area (TPSA) is 92.2 Å². The number of hydrogen-bond acceptors (Lipinski definition) is 5. The highest BCUT2D eigenvalue weighted by molar-refractivity contribution is 5.91. The van der Waals surface area contributed by atoms with Gasteiger partial charge in [0.15, 0.2) is 0 Å². The van der Waals surface area contributed by atoms with Crippen LogP contribution in [-0.2, 0) is 6.18 Å². The number of nitriles is 1. The smallest absolute Gasteiger partial charge is 0.416 e. The van der Waals surface area contributed by atoms with E-state index in [2.05, 4.69) is 4.98 Å². The number of aromatic nitrogens is 1. The van der Waals surface area contributed by atoms with Gasteiger partial charge in [-0.1, -0.05) is 0 Å². The Morgan fingerprint density at radius 1 is 1.25 bits per heavy atom. The van der Waals surface area contributed by atoms with Gasteiger partial charge in [0.2, 0.25) is 0 Å². The van der Waals surface area contributed by atoms with Crippen molar-refractivity contribution < 1.29 is 22.7 Å². The van der Waals surface area contributed by atoms with Gasteiger partial charge in [0.25, 0.3) is 5.91 Å². The number of hydrogen-bond donors (Lipinski definition) is 1. The summed E-state index contributed by atoms with van der Waals surface area (Å²) >= 11 is 0. The van der Waals surface area contributed by atoms with Crippen LogP contribution in [-0.4, -0.2) is 30.1 Å². The average molecular weight is 390 g/mol. The molecular formula is C19H17F3N4O2. The lowest BCUT2D eigenvalue weighted by atomic mass is 10.0.